The zero-order valence-electron chi connectivity index (χ0n) is 10.8. The Bertz CT molecular complexity index is 497. The van der Waals surface area contributed by atoms with E-state index in [1.165, 1.54) is 16.0 Å². The molecule has 18 heavy (non-hydrogen) atoms. The third-order valence-corrected chi connectivity index (χ3v) is 3.70. The van der Waals surface area contributed by atoms with E-state index in [0.717, 1.165) is 18.1 Å². The highest BCUT2D eigenvalue weighted by Gasteiger charge is 2.05. The quantitative estimate of drug-likeness (QED) is 0.886. The van der Waals surface area contributed by atoms with Crippen molar-refractivity contribution < 1.29 is 0 Å². The summed E-state index contributed by atoms with van der Waals surface area (Å²) < 4.78 is 0. The molecule has 0 atom stereocenters. The molecule has 0 aliphatic heterocycles. The largest absolute Gasteiger partial charge is 0.313 e. The van der Waals surface area contributed by atoms with E-state index < -0.39 is 0 Å². The van der Waals surface area contributed by atoms with Gasteiger partial charge in [-0.05, 0) is 37.2 Å². The zero-order valence-corrected chi connectivity index (χ0v) is 11.6. The van der Waals surface area contributed by atoms with E-state index in [2.05, 4.69) is 42.3 Å². The molecule has 3 heteroatoms. The molecular formula is C15H18N2S. The Hall–Kier alpha value is -1.32. The number of pyridine rings is 1. The zero-order chi connectivity index (χ0) is 12.8. The molecular weight excluding hydrogens is 240 g/mol. The number of aromatic nitrogens is 1. The van der Waals surface area contributed by atoms with Crippen LogP contribution >= 0.6 is 11.8 Å². The van der Waals surface area contributed by atoms with Crippen LogP contribution in [0.25, 0.3) is 0 Å². The maximum atomic E-state index is 4.36. The first-order valence-electron chi connectivity index (χ1n) is 6.18. The van der Waals surface area contributed by atoms with Gasteiger partial charge in [0, 0.05) is 17.6 Å². The first-order chi connectivity index (χ1) is 8.79. The van der Waals surface area contributed by atoms with Crippen LogP contribution in [0.4, 0.5) is 0 Å². The Labute approximate surface area is 113 Å². The molecule has 0 amide bonds. The van der Waals surface area contributed by atoms with Crippen molar-refractivity contribution in [3.63, 3.8) is 0 Å². The van der Waals surface area contributed by atoms with E-state index in [9.17, 15) is 0 Å². The Morgan fingerprint density at radius 3 is 2.83 bits per heavy atom. The Balaban J connectivity index is 2.21. The van der Waals surface area contributed by atoms with Crippen LogP contribution in [-0.2, 0) is 6.54 Å². The number of nitrogens with zero attached hydrogens (tertiary/aromatic N) is 1. The Morgan fingerprint density at radius 2 is 2.11 bits per heavy atom. The first-order valence-corrected chi connectivity index (χ1v) is 7.00. The van der Waals surface area contributed by atoms with E-state index in [0.29, 0.717) is 0 Å². The molecule has 0 spiro atoms. The lowest BCUT2D eigenvalue weighted by Crippen LogP contribution is -2.12. The molecule has 94 valence electrons. The third kappa shape index (κ3) is 3.59. The second-order valence-electron chi connectivity index (χ2n) is 4.16. The molecule has 0 saturated carbocycles. The van der Waals surface area contributed by atoms with Crippen molar-refractivity contribution in [3.8, 4) is 0 Å². The van der Waals surface area contributed by atoms with Crippen LogP contribution in [0.5, 0.6) is 0 Å². The lowest BCUT2D eigenvalue weighted by Gasteiger charge is -2.10. The van der Waals surface area contributed by atoms with E-state index in [1.807, 2.05) is 24.4 Å². The number of hydrogen-bond donors (Lipinski definition) is 1. The monoisotopic (exact) mass is 258 g/mol. The highest BCUT2D eigenvalue weighted by Crippen LogP contribution is 2.29. The molecule has 0 bridgehead atoms. The van der Waals surface area contributed by atoms with Gasteiger partial charge in [-0.3, -0.25) is 0 Å². The van der Waals surface area contributed by atoms with Gasteiger partial charge in [-0.2, -0.15) is 0 Å². The van der Waals surface area contributed by atoms with Crippen LogP contribution in [0.3, 0.4) is 0 Å². The summed E-state index contributed by atoms with van der Waals surface area (Å²) >= 11 is 1.72. The van der Waals surface area contributed by atoms with Crippen molar-refractivity contribution in [1.82, 2.24) is 10.3 Å². The average molecular weight is 258 g/mol. The first kappa shape index (κ1) is 13.1. The SMILES string of the molecule is CCNCc1cc(C)ccc1Sc1ccccn1. The molecule has 1 aromatic heterocycles. The number of hydrogen-bond acceptors (Lipinski definition) is 3. The van der Waals surface area contributed by atoms with Crippen LogP contribution in [-0.4, -0.2) is 11.5 Å². The Morgan fingerprint density at radius 1 is 1.22 bits per heavy atom. The normalized spacial score (nSPS) is 10.6. The summed E-state index contributed by atoms with van der Waals surface area (Å²) in [5.74, 6) is 0. The van der Waals surface area contributed by atoms with Gasteiger partial charge in [-0.25, -0.2) is 4.98 Å². The minimum absolute atomic E-state index is 0.910. The lowest BCUT2D eigenvalue weighted by molar-refractivity contribution is 0.717. The molecule has 1 aromatic carbocycles. The third-order valence-electron chi connectivity index (χ3n) is 2.63. The molecule has 0 fully saturated rings. The highest BCUT2D eigenvalue weighted by molar-refractivity contribution is 7.99. The number of benzene rings is 1. The van der Waals surface area contributed by atoms with E-state index in [-0.39, 0.29) is 0 Å². The summed E-state index contributed by atoms with van der Waals surface area (Å²) in [5, 5.41) is 4.43. The molecule has 2 nitrogen and oxygen atoms in total. The molecule has 1 N–H and O–H groups in total. The summed E-state index contributed by atoms with van der Waals surface area (Å²) in [6, 6.07) is 12.6. The van der Waals surface area contributed by atoms with Gasteiger partial charge in [0.2, 0.25) is 0 Å². The van der Waals surface area contributed by atoms with Gasteiger partial charge in [-0.1, -0.05) is 42.4 Å². The summed E-state index contributed by atoms with van der Waals surface area (Å²) in [5.41, 5.74) is 2.64. The molecule has 2 aromatic rings. The summed E-state index contributed by atoms with van der Waals surface area (Å²) in [6.45, 7) is 6.15. The minimum atomic E-state index is 0.910. The molecule has 1 heterocycles. The molecule has 0 unspecified atom stereocenters. The lowest BCUT2D eigenvalue weighted by atomic mass is 10.1. The van der Waals surface area contributed by atoms with Crippen molar-refractivity contribution >= 4 is 11.8 Å². The second-order valence-corrected chi connectivity index (χ2v) is 5.22. The van der Waals surface area contributed by atoms with Crippen LogP contribution in [0, 0.1) is 6.92 Å². The minimum Gasteiger partial charge on any atom is -0.313 e. The fourth-order valence-corrected chi connectivity index (χ4v) is 2.61. The smallest absolute Gasteiger partial charge is 0.101 e. The molecule has 0 aliphatic rings. The van der Waals surface area contributed by atoms with Crippen LogP contribution in [0.15, 0.2) is 52.5 Å². The fraction of sp³-hybridized carbons (Fsp3) is 0.267. The van der Waals surface area contributed by atoms with Crippen molar-refractivity contribution in [2.45, 2.75) is 30.3 Å². The topological polar surface area (TPSA) is 24.9 Å². The average Bonchev–Trinajstić information content (AvgIpc) is 2.40. The highest BCUT2D eigenvalue weighted by atomic mass is 32.2. The number of aryl methyl sites for hydroxylation is 1. The van der Waals surface area contributed by atoms with Crippen LogP contribution < -0.4 is 5.32 Å². The van der Waals surface area contributed by atoms with Crippen molar-refractivity contribution in [2.24, 2.45) is 0 Å². The van der Waals surface area contributed by atoms with Gasteiger partial charge in [0.15, 0.2) is 0 Å². The van der Waals surface area contributed by atoms with Gasteiger partial charge in [0.05, 0.1) is 0 Å². The van der Waals surface area contributed by atoms with Crippen molar-refractivity contribution in [1.29, 1.82) is 0 Å². The van der Waals surface area contributed by atoms with Crippen LogP contribution in [0.1, 0.15) is 18.1 Å². The van der Waals surface area contributed by atoms with Gasteiger partial charge in [0.1, 0.15) is 5.03 Å². The predicted molar refractivity (Wildman–Crippen MR) is 76.9 cm³/mol. The van der Waals surface area contributed by atoms with E-state index in [4.69, 9.17) is 0 Å². The summed E-state index contributed by atoms with van der Waals surface area (Å²) in [4.78, 5) is 5.64. The maximum absolute atomic E-state index is 4.36. The van der Waals surface area contributed by atoms with Crippen LogP contribution in [0.2, 0.25) is 0 Å². The number of rotatable bonds is 5. The fourth-order valence-electron chi connectivity index (χ4n) is 1.73. The van der Waals surface area contributed by atoms with E-state index >= 15 is 0 Å². The standard InChI is InChI=1S/C15H18N2S/c1-3-16-11-13-10-12(2)7-8-14(13)18-15-6-4-5-9-17-15/h4-10,16H,3,11H2,1-2H3. The summed E-state index contributed by atoms with van der Waals surface area (Å²) in [6.07, 6.45) is 1.83. The maximum Gasteiger partial charge on any atom is 0.101 e. The Kier molecular flexibility index (Phi) is 4.79. The molecule has 0 radical (unpaired) electrons. The predicted octanol–water partition coefficient (Wildman–Crippen LogP) is 3.65. The molecule has 2 rings (SSSR count). The van der Waals surface area contributed by atoms with E-state index in [1.54, 1.807) is 11.8 Å². The molecule has 0 aliphatic carbocycles. The molecule has 0 saturated heterocycles. The second kappa shape index (κ2) is 6.57. The van der Waals surface area contributed by atoms with Crippen molar-refractivity contribution in [3.05, 3.63) is 53.7 Å². The van der Waals surface area contributed by atoms with Gasteiger partial charge < -0.3 is 5.32 Å². The summed E-state index contributed by atoms with van der Waals surface area (Å²) in [7, 11) is 0. The van der Waals surface area contributed by atoms with Gasteiger partial charge in [-0.15, -0.1) is 0 Å². The van der Waals surface area contributed by atoms with Crippen molar-refractivity contribution in [2.75, 3.05) is 6.54 Å². The van der Waals surface area contributed by atoms with Gasteiger partial charge in [0.25, 0.3) is 0 Å². The van der Waals surface area contributed by atoms with Gasteiger partial charge >= 0.3 is 0 Å². The number of nitrogens with one attached hydrogen (secondary N) is 1.